The van der Waals surface area contributed by atoms with Crippen molar-refractivity contribution in [2.75, 3.05) is 44.7 Å². The number of nitrogens with one attached hydrogen (secondary N) is 2. The Kier molecular flexibility index (Phi) is 6.16. The Hall–Kier alpha value is -1.44. The first-order valence-electron chi connectivity index (χ1n) is 6.76. The van der Waals surface area contributed by atoms with Gasteiger partial charge >= 0.3 is 0 Å². The fourth-order valence-corrected chi connectivity index (χ4v) is 2.34. The number of para-hydroxylation sites is 1. The quantitative estimate of drug-likeness (QED) is 0.820. The van der Waals surface area contributed by atoms with Gasteiger partial charge in [-0.1, -0.05) is 12.1 Å². The molecule has 2 N–H and O–H groups in total. The topological polar surface area (TPSA) is 70.7 Å². The van der Waals surface area contributed by atoms with Crippen LogP contribution in [-0.2, 0) is 14.3 Å². The summed E-state index contributed by atoms with van der Waals surface area (Å²) in [6.45, 7) is 3.05. The average molecular weight is 356 g/mol. The number of rotatable bonds is 5. The molecule has 0 aliphatic carbocycles. The molecule has 1 fully saturated rings. The second kappa shape index (κ2) is 8.11. The summed E-state index contributed by atoms with van der Waals surface area (Å²) in [4.78, 5) is 25.5. The van der Waals surface area contributed by atoms with E-state index in [9.17, 15) is 9.59 Å². The molecule has 1 aliphatic rings. The van der Waals surface area contributed by atoms with Crippen LogP contribution in [0.2, 0.25) is 0 Å². The van der Waals surface area contributed by atoms with Gasteiger partial charge in [0.25, 0.3) is 0 Å². The smallest absolute Gasteiger partial charge is 0.243 e. The summed E-state index contributed by atoms with van der Waals surface area (Å²) >= 11 is 3.35. The van der Waals surface area contributed by atoms with E-state index in [1.165, 1.54) is 0 Å². The minimum atomic E-state index is -0.253. The Morgan fingerprint density at radius 2 is 1.90 bits per heavy atom. The van der Waals surface area contributed by atoms with Gasteiger partial charge in [0.2, 0.25) is 11.8 Å². The number of nitrogens with zero attached hydrogens (tertiary/aromatic N) is 1. The Morgan fingerprint density at radius 3 is 2.62 bits per heavy atom. The lowest BCUT2D eigenvalue weighted by Gasteiger charge is -2.25. The zero-order chi connectivity index (χ0) is 15.1. The Balaban J connectivity index is 1.71. The van der Waals surface area contributed by atoms with Crippen LogP contribution in [0.1, 0.15) is 0 Å². The molecule has 0 atom stereocenters. The third kappa shape index (κ3) is 5.45. The summed E-state index contributed by atoms with van der Waals surface area (Å²) in [6, 6.07) is 7.32. The predicted octanol–water partition coefficient (Wildman–Crippen LogP) is 0.836. The number of carbonyl (C=O) groups is 2. The minimum Gasteiger partial charge on any atom is -0.379 e. The van der Waals surface area contributed by atoms with Gasteiger partial charge in [0.15, 0.2) is 0 Å². The highest BCUT2D eigenvalue weighted by Crippen LogP contribution is 2.20. The standard InChI is InChI=1S/C14H18BrN3O3/c15-11-3-1-2-4-12(11)17-13(19)9-16-14(20)10-18-5-7-21-8-6-18/h1-4H,5-10H2,(H,16,20)(H,17,19). The van der Waals surface area contributed by atoms with Crippen LogP contribution in [0.15, 0.2) is 28.7 Å². The molecule has 0 unspecified atom stereocenters. The van der Waals surface area contributed by atoms with Crippen molar-refractivity contribution in [2.45, 2.75) is 0 Å². The number of halogens is 1. The van der Waals surface area contributed by atoms with Gasteiger partial charge < -0.3 is 15.4 Å². The van der Waals surface area contributed by atoms with Crippen LogP contribution in [0.4, 0.5) is 5.69 Å². The van der Waals surface area contributed by atoms with Crippen LogP contribution in [-0.4, -0.2) is 56.1 Å². The second-order valence-electron chi connectivity index (χ2n) is 4.69. The predicted molar refractivity (Wildman–Crippen MR) is 83.0 cm³/mol. The van der Waals surface area contributed by atoms with Crippen molar-refractivity contribution in [3.05, 3.63) is 28.7 Å². The van der Waals surface area contributed by atoms with E-state index in [0.29, 0.717) is 25.4 Å². The number of amides is 2. The van der Waals surface area contributed by atoms with Crippen molar-refractivity contribution in [3.63, 3.8) is 0 Å². The SMILES string of the molecule is O=C(CN1CCOCC1)NCC(=O)Nc1ccccc1Br. The van der Waals surface area contributed by atoms with Crippen molar-refractivity contribution in [1.29, 1.82) is 0 Å². The molecule has 1 heterocycles. The molecule has 7 heteroatoms. The molecule has 0 aromatic heterocycles. The van der Waals surface area contributed by atoms with Gasteiger partial charge in [-0.15, -0.1) is 0 Å². The molecule has 1 aromatic rings. The summed E-state index contributed by atoms with van der Waals surface area (Å²) in [5.41, 5.74) is 0.685. The molecule has 0 bridgehead atoms. The molecule has 2 amide bonds. The Bertz CT molecular complexity index is 504. The molecule has 21 heavy (non-hydrogen) atoms. The van der Waals surface area contributed by atoms with E-state index in [4.69, 9.17) is 4.74 Å². The maximum Gasteiger partial charge on any atom is 0.243 e. The molecule has 0 spiro atoms. The van der Waals surface area contributed by atoms with Gasteiger partial charge in [0.05, 0.1) is 32.0 Å². The molecule has 114 valence electrons. The first kappa shape index (κ1) is 15.9. The fraction of sp³-hybridized carbons (Fsp3) is 0.429. The van der Waals surface area contributed by atoms with E-state index in [-0.39, 0.29) is 18.4 Å². The molecule has 1 aromatic carbocycles. The van der Waals surface area contributed by atoms with Gasteiger partial charge in [0, 0.05) is 17.6 Å². The van der Waals surface area contributed by atoms with Gasteiger partial charge in [-0.3, -0.25) is 14.5 Å². The molecule has 1 saturated heterocycles. The maximum absolute atomic E-state index is 11.8. The summed E-state index contributed by atoms with van der Waals surface area (Å²) in [6.07, 6.45) is 0. The van der Waals surface area contributed by atoms with Crippen LogP contribution in [0.3, 0.4) is 0 Å². The minimum absolute atomic E-state index is 0.0372. The monoisotopic (exact) mass is 355 g/mol. The van der Waals surface area contributed by atoms with Gasteiger partial charge in [-0.2, -0.15) is 0 Å². The number of hydrogen-bond donors (Lipinski definition) is 2. The largest absolute Gasteiger partial charge is 0.379 e. The first-order valence-corrected chi connectivity index (χ1v) is 7.55. The zero-order valence-electron chi connectivity index (χ0n) is 11.6. The molecular formula is C14H18BrN3O3. The molecular weight excluding hydrogens is 338 g/mol. The highest BCUT2D eigenvalue weighted by molar-refractivity contribution is 9.10. The number of morpholine rings is 1. The average Bonchev–Trinajstić information content (AvgIpc) is 2.49. The number of benzene rings is 1. The lowest BCUT2D eigenvalue weighted by Crippen LogP contribution is -2.44. The first-order chi connectivity index (χ1) is 10.1. The third-order valence-corrected chi connectivity index (χ3v) is 3.76. The highest BCUT2D eigenvalue weighted by Gasteiger charge is 2.14. The number of anilines is 1. The molecule has 0 radical (unpaired) electrons. The van der Waals surface area contributed by atoms with Crippen LogP contribution >= 0.6 is 15.9 Å². The van der Waals surface area contributed by atoms with Crippen molar-refractivity contribution >= 4 is 33.4 Å². The molecule has 2 rings (SSSR count). The summed E-state index contributed by atoms with van der Waals surface area (Å²) in [5.74, 6) is -0.406. The third-order valence-electron chi connectivity index (χ3n) is 3.06. The van der Waals surface area contributed by atoms with E-state index in [1.54, 1.807) is 6.07 Å². The van der Waals surface area contributed by atoms with Crippen molar-refractivity contribution in [1.82, 2.24) is 10.2 Å². The lowest BCUT2D eigenvalue weighted by atomic mass is 10.3. The van der Waals surface area contributed by atoms with Crippen LogP contribution in [0.25, 0.3) is 0 Å². The maximum atomic E-state index is 11.8. The lowest BCUT2D eigenvalue weighted by molar-refractivity contribution is -0.125. The van der Waals surface area contributed by atoms with Crippen LogP contribution in [0.5, 0.6) is 0 Å². The highest BCUT2D eigenvalue weighted by atomic mass is 79.9. The van der Waals surface area contributed by atoms with Crippen molar-refractivity contribution in [3.8, 4) is 0 Å². The Morgan fingerprint density at radius 1 is 1.19 bits per heavy atom. The van der Waals surface area contributed by atoms with Crippen LogP contribution in [0, 0.1) is 0 Å². The normalized spacial score (nSPS) is 15.5. The van der Waals surface area contributed by atoms with E-state index < -0.39 is 0 Å². The number of ether oxygens (including phenoxy) is 1. The zero-order valence-corrected chi connectivity index (χ0v) is 13.2. The van der Waals surface area contributed by atoms with Gasteiger partial charge in [-0.05, 0) is 28.1 Å². The Labute approximate surface area is 132 Å². The van der Waals surface area contributed by atoms with E-state index in [2.05, 4.69) is 26.6 Å². The van der Waals surface area contributed by atoms with E-state index >= 15 is 0 Å². The molecule has 6 nitrogen and oxygen atoms in total. The van der Waals surface area contributed by atoms with Gasteiger partial charge in [-0.25, -0.2) is 0 Å². The van der Waals surface area contributed by atoms with Crippen molar-refractivity contribution < 1.29 is 14.3 Å². The second-order valence-corrected chi connectivity index (χ2v) is 5.55. The van der Waals surface area contributed by atoms with E-state index in [1.807, 2.05) is 23.1 Å². The van der Waals surface area contributed by atoms with Crippen LogP contribution < -0.4 is 10.6 Å². The number of hydrogen-bond acceptors (Lipinski definition) is 4. The summed E-state index contributed by atoms with van der Waals surface area (Å²) in [7, 11) is 0. The molecule has 0 saturated carbocycles. The molecule has 1 aliphatic heterocycles. The fourth-order valence-electron chi connectivity index (χ4n) is 1.95. The van der Waals surface area contributed by atoms with E-state index in [0.717, 1.165) is 17.6 Å². The number of carbonyl (C=O) groups excluding carboxylic acids is 2. The summed E-state index contributed by atoms with van der Waals surface area (Å²) in [5, 5.41) is 5.36. The summed E-state index contributed by atoms with van der Waals surface area (Å²) < 4.78 is 6.02. The van der Waals surface area contributed by atoms with Crippen molar-refractivity contribution in [2.24, 2.45) is 0 Å². The van der Waals surface area contributed by atoms with Gasteiger partial charge in [0.1, 0.15) is 0 Å².